The van der Waals surface area contributed by atoms with Crippen LogP contribution < -0.4 is 0 Å². The highest BCUT2D eigenvalue weighted by Gasteiger charge is 2.49. The highest BCUT2D eigenvalue weighted by molar-refractivity contribution is 9.09. The number of hydrogen-bond donors (Lipinski definition) is 7. The largest absolute Gasteiger partial charge is 0.394 e. The van der Waals surface area contributed by atoms with Gasteiger partial charge in [-0.15, -0.1) is 0 Å². The van der Waals surface area contributed by atoms with Crippen molar-refractivity contribution in [3.05, 3.63) is 0 Å². The van der Waals surface area contributed by atoms with E-state index in [2.05, 4.69) is 15.9 Å². The van der Waals surface area contributed by atoms with Crippen molar-refractivity contribution in [3.8, 4) is 0 Å². The molecule has 0 aromatic rings. The first-order chi connectivity index (χ1) is 10.8. The smallest absolute Gasteiger partial charge is 0.187 e. The van der Waals surface area contributed by atoms with E-state index in [4.69, 9.17) is 19.3 Å². The molecule has 2 aliphatic heterocycles. The molecule has 23 heavy (non-hydrogen) atoms. The van der Waals surface area contributed by atoms with Gasteiger partial charge in [0.25, 0.3) is 0 Å². The van der Waals surface area contributed by atoms with E-state index in [9.17, 15) is 30.6 Å². The fourth-order valence-electron chi connectivity index (χ4n) is 2.55. The summed E-state index contributed by atoms with van der Waals surface area (Å²) in [5.41, 5.74) is 0. The molecule has 0 spiro atoms. The van der Waals surface area contributed by atoms with Crippen LogP contribution >= 0.6 is 15.9 Å². The quantitative estimate of drug-likeness (QED) is 0.229. The second kappa shape index (κ2) is 7.97. The standard InChI is InChI=1S/C12H21BrO10/c13-5-7(17)10(4(2-15)21-11(5)20)23-12-9(19)8(18)6(16)3(1-14)22-12/h3-12,14-20H,1-2H2/t3?,4?,5?,6-,7?,8?,9?,10-,11?,12?/m0/s1. The summed E-state index contributed by atoms with van der Waals surface area (Å²) < 4.78 is 15.7. The third-order valence-electron chi connectivity index (χ3n) is 3.94. The van der Waals surface area contributed by atoms with Crippen LogP contribution in [-0.2, 0) is 14.2 Å². The summed E-state index contributed by atoms with van der Waals surface area (Å²) >= 11 is 3.02. The Labute approximate surface area is 140 Å². The fraction of sp³-hybridized carbons (Fsp3) is 1.00. The minimum atomic E-state index is -1.65. The van der Waals surface area contributed by atoms with E-state index in [1.54, 1.807) is 0 Å². The molecule has 0 radical (unpaired) electrons. The Morgan fingerprint density at radius 3 is 1.96 bits per heavy atom. The molecule has 2 aliphatic rings. The van der Waals surface area contributed by atoms with Crippen LogP contribution in [0.25, 0.3) is 0 Å². The molecule has 2 saturated heterocycles. The van der Waals surface area contributed by atoms with Gasteiger partial charge in [0.05, 0.1) is 18.0 Å². The first kappa shape index (κ1) is 19.4. The molecule has 0 aromatic carbocycles. The number of aliphatic hydroxyl groups excluding tert-OH is 7. The van der Waals surface area contributed by atoms with Crippen LogP contribution in [0.5, 0.6) is 0 Å². The molecule has 7 N–H and O–H groups in total. The zero-order chi connectivity index (χ0) is 17.3. The van der Waals surface area contributed by atoms with E-state index in [1.807, 2.05) is 0 Å². The van der Waals surface area contributed by atoms with Crippen molar-refractivity contribution in [2.45, 2.75) is 60.1 Å². The maximum Gasteiger partial charge on any atom is 0.187 e. The average Bonchev–Trinajstić information content (AvgIpc) is 2.55. The van der Waals surface area contributed by atoms with Crippen LogP contribution in [0.15, 0.2) is 0 Å². The average molecular weight is 405 g/mol. The summed E-state index contributed by atoms with van der Waals surface area (Å²) in [7, 11) is 0. The lowest BCUT2D eigenvalue weighted by molar-refractivity contribution is -0.340. The first-order valence-corrected chi connectivity index (χ1v) is 7.95. The molecule has 8 unspecified atom stereocenters. The van der Waals surface area contributed by atoms with Crippen molar-refractivity contribution < 1.29 is 50.0 Å². The second-order valence-corrected chi connectivity index (χ2v) is 6.54. The summed E-state index contributed by atoms with van der Waals surface area (Å²) in [6.07, 6.45) is -12.5. The Bertz CT molecular complexity index is 383. The molecule has 0 bridgehead atoms. The van der Waals surface area contributed by atoms with Crippen molar-refractivity contribution in [2.75, 3.05) is 13.2 Å². The Morgan fingerprint density at radius 1 is 0.783 bits per heavy atom. The van der Waals surface area contributed by atoms with Crippen LogP contribution in [0.4, 0.5) is 0 Å². The zero-order valence-electron chi connectivity index (χ0n) is 11.9. The van der Waals surface area contributed by atoms with Gasteiger partial charge in [0.15, 0.2) is 12.6 Å². The van der Waals surface area contributed by atoms with Gasteiger partial charge in [0.1, 0.15) is 42.7 Å². The molecule has 10 atom stereocenters. The monoisotopic (exact) mass is 404 g/mol. The third kappa shape index (κ3) is 3.85. The summed E-state index contributed by atoms with van der Waals surface area (Å²) in [5.74, 6) is 0. The van der Waals surface area contributed by atoms with Gasteiger partial charge in [0.2, 0.25) is 0 Å². The third-order valence-corrected chi connectivity index (χ3v) is 4.93. The minimum absolute atomic E-state index is 0.587. The minimum Gasteiger partial charge on any atom is -0.394 e. The predicted octanol–water partition coefficient (Wildman–Crippen LogP) is -3.99. The van der Waals surface area contributed by atoms with Crippen LogP contribution in [0.2, 0.25) is 0 Å². The topological polar surface area (TPSA) is 169 Å². The molecular weight excluding hydrogens is 384 g/mol. The lowest BCUT2D eigenvalue weighted by atomic mass is 9.98. The maximum atomic E-state index is 10.1. The highest BCUT2D eigenvalue weighted by atomic mass is 79.9. The van der Waals surface area contributed by atoms with Crippen molar-refractivity contribution in [3.63, 3.8) is 0 Å². The second-order valence-electron chi connectivity index (χ2n) is 5.48. The molecule has 2 heterocycles. The first-order valence-electron chi connectivity index (χ1n) is 7.04. The fourth-order valence-corrected chi connectivity index (χ4v) is 2.98. The lowest BCUT2D eigenvalue weighted by Crippen LogP contribution is -2.63. The molecule has 0 aliphatic carbocycles. The van der Waals surface area contributed by atoms with Crippen molar-refractivity contribution in [1.29, 1.82) is 0 Å². The highest BCUT2D eigenvalue weighted by Crippen LogP contribution is 2.30. The maximum absolute atomic E-state index is 10.1. The predicted molar refractivity (Wildman–Crippen MR) is 75.3 cm³/mol. The number of hydrogen-bond acceptors (Lipinski definition) is 10. The van der Waals surface area contributed by atoms with Gasteiger partial charge >= 0.3 is 0 Å². The Kier molecular flexibility index (Phi) is 6.73. The summed E-state index contributed by atoms with van der Waals surface area (Å²) in [5, 5.41) is 67.5. The van der Waals surface area contributed by atoms with Crippen molar-refractivity contribution in [2.24, 2.45) is 0 Å². The van der Waals surface area contributed by atoms with Crippen LogP contribution in [0.3, 0.4) is 0 Å². The number of aliphatic hydroxyl groups is 7. The molecule has 2 fully saturated rings. The van der Waals surface area contributed by atoms with Gasteiger partial charge in [-0.2, -0.15) is 0 Å². The van der Waals surface area contributed by atoms with E-state index < -0.39 is 73.3 Å². The zero-order valence-corrected chi connectivity index (χ0v) is 13.5. The van der Waals surface area contributed by atoms with Crippen LogP contribution in [-0.4, -0.2) is 109 Å². The van der Waals surface area contributed by atoms with Crippen molar-refractivity contribution in [1.82, 2.24) is 0 Å². The molecule has 136 valence electrons. The number of alkyl halides is 1. The Hall–Kier alpha value is 0.0800. The normalized spacial score (nSPS) is 51.7. The molecule has 10 nitrogen and oxygen atoms in total. The summed E-state index contributed by atoms with van der Waals surface area (Å²) in [4.78, 5) is -0.916. The van der Waals surface area contributed by atoms with E-state index in [1.165, 1.54) is 0 Å². The number of halogens is 1. The Balaban J connectivity index is 2.11. The molecule has 11 heteroatoms. The van der Waals surface area contributed by atoms with Gasteiger partial charge in [-0.05, 0) is 0 Å². The van der Waals surface area contributed by atoms with Gasteiger partial charge in [-0.1, -0.05) is 15.9 Å². The van der Waals surface area contributed by atoms with E-state index in [-0.39, 0.29) is 0 Å². The SMILES string of the molecule is OCC1OC(O[C@H]2C(CO)OC(O)C(Br)C2O)C(O)C(O)[C@H]1O. The lowest BCUT2D eigenvalue weighted by Gasteiger charge is -2.45. The van der Waals surface area contributed by atoms with Crippen LogP contribution in [0, 0.1) is 0 Å². The van der Waals surface area contributed by atoms with E-state index in [0.717, 1.165) is 0 Å². The summed E-state index contributed by atoms with van der Waals surface area (Å²) in [6, 6.07) is 0. The summed E-state index contributed by atoms with van der Waals surface area (Å²) in [6.45, 7) is -1.21. The molecule has 2 rings (SSSR count). The van der Waals surface area contributed by atoms with Gasteiger partial charge in [-0.3, -0.25) is 0 Å². The van der Waals surface area contributed by atoms with Gasteiger partial charge in [-0.25, -0.2) is 0 Å². The van der Waals surface area contributed by atoms with Crippen molar-refractivity contribution >= 4 is 15.9 Å². The molecular formula is C12H21BrO10. The van der Waals surface area contributed by atoms with Gasteiger partial charge in [0, 0.05) is 0 Å². The molecule has 0 saturated carbocycles. The Morgan fingerprint density at radius 2 is 1.39 bits per heavy atom. The number of rotatable bonds is 4. The number of ether oxygens (including phenoxy) is 3. The van der Waals surface area contributed by atoms with Crippen LogP contribution in [0.1, 0.15) is 0 Å². The van der Waals surface area contributed by atoms with Gasteiger partial charge < -0.3 is 50.0 Å². The van der Waals surface area contributed by atoms with E-state index >= 15 is 0 Å². The molecule has 0 amide bonds. The van der Waals surface area contributed by atoms with E-state index in [0.29, 0.717) is 0 Å². The molecule has 0 aromatic heterocycles.